The molecule has 0 aromatic heterocycles. The van der Waals surface area contributed by atoms with Crippen LogP contribution in [0.4, 0.5) is 0 Å². The number of carbonyl (C=O) groups excluding carboxylic acids is 2. The minimum atomic E-state index is -0.849. The van der Waals surface area contributed by atoms with E-state index >= 15 is 0 Å². The molecule has 0 radical (unpaired) electrons. The molecule has 0 fully saturated rings. The van der Waals surface area contributed by atoms with E-state index in [9.17, 15) is 9.59 Å². The van der Waals surface area contributed by atoms with E-state index in [-0.39, 0.29) is 12.2 Å². The molecule has 0 aliphatic carbocycles. The number of aryl methyl sites for hydroxylation is 3. The summed E-state index contributed by atoms with van der Waals surface area (Å²) in [5.41, 5.74) is 4.35. The van der Waals surface area contributed by atoms with Crippen molar-refractivity contribution < 1.29 is 23.8 Å². The van der Waals surface area contributed by atoms with Gasteiger partial charge in [0.25, 0.3) is 0 Å². The summed E-state index contributed by atoms with van der Waals surface area (Å²) in [4.78, 5) is 25.0. The van der Waals surface area contributed by atoms with Crippen LogP contribution in [-0.4, -0.2) is 32.1 Å². The summed E-state index contributed by atoms with van der Waals surface area (Å²) in [6.45, 7) is 7.45. The first-order chi connectivity index (χ1) is 12.8. The SMILES string of the molecule is COc1ccc(CC(=O)O[C@H](C)C(=O)c2cc(C)c(C)cc2C)cc1OC. The highest BCUT2D eigenvalue weighted by Crippen LogP contribution is 2.28. The second-order valence-corrected chi connectivity index (χ2v) is 6.61. The van der Waals surface area contributed by atoms with Crippen molar-refractivity contribution in [3.8, 4) is 11.5 Å². The van der Waals surface area contributed by atoms with E-state index < -0.39 is 12.1 Å². The van der Waals surface area contributed by atoms with Crippen LogP contribution in [0.15, 0.2) is 30.3 Å². The van der Waals surface area contributed by atoms with Crippen molar-refractivity contribution in [3.63, 3.8) is 0 Å². The second kappa shape index (κ2) is 8.71. The van der Waals surface area contributed by atoms with Crippen LogP contribution in [0.1, 0.15) is 39.5 Å². The van der Waals surface area contributed by atoms with Crippen molar-refractivity contribution in [2.24, 2.45) is 0 Å². The van der Waals surface area contributed by atoms with Crippen LogP contribution in [0.2, 0.25) is 0 Å². The van der Waals surface area contributed by atoms with Gasteiger partial charge in [-0.1, -0.05) is 12.1 Å². The van der Waals surface area contributed by atoms with E-state index in [0.29, 0.717) is 17.1 Å². The lowest BCUT2D eigenvalue weighted by Crippen LogP contribution is -2.26. The third-order valence-electron chi connectivity index (χ3n) is 4.58. The lowest BCUT2D eigenvalue weighted by molar-refractivity contribution is -0.145. The van der Waals surface area contributed by atoms with Gasteiger partial charge < -0.3 is 14.2 Å². The second-order valence-electron chi connectivity index (χ2n) is 6.61. The van der Waals surface area contributed by atoms with E-state index in [1.807, 2.05) is 32.9 Å². The molecule has 2 aromatic rings. The highest BCUT2D eigenvalue weighted by molar-refractivity contribution is 6.01. The first-order valence-corrected chi connectivity index (χ1v) is 8.79. The Morgan fingerprint density at radius 3 is 2.15 bits per heavy atom. The third kappa shape index (κ3) is 4.88. The summed E-state index contributed by atoms with van der Waals surface area (Å²) in [6, 6.07) is 9.05. The molecule has 0 saturated carbocycles. The Hall–Kier alpha value is -2.82. The van der Waals surface area contributed by atoms with Crippen LogP contribution in [-0.2, 0) is 16.0 Å². The fraction of sp³-hybridized carbons (Fsp3) is 0.364. The van der Waals surface area contributed by atoms with E-state index in [1.165, 1.54) is 7.11 Å². The van der Waals surface area contributed by atoms with Gasteiger partial charge in [0.1, 0.15) is 0 Å². The van der Waals surface area contributed by atoms with Crippen LogP contribution in [0, 0.1) is 20.8 Å². The topological polar surface area (TPSA) is 61.8 Å². The highest BCUT2D eigenvalue weighted by Gasteiger charge is 2.22. The summed E-state index contributed by atoms with van der Waals surface area (Å²) < 4.78 is 15.8. The number of methoxy groups -OCH3 is 2. The van der Waals surface area contributed by atoms with Crippen LogP contribution in [0.5, 0.6) is 11.5 Å². The smallest absolute Gasteiger partial charge is 0.310 e. The Kier molecular flexibility index (Phi) is 6.61. The molecular weight excluding hydrogens is 344 g/mol. The number of rotatable bonds is 7. The van der Waals surface area contributed by atoms with Gasteiger partial charge in [-0.25, -0.2) is 0 Å². The average Bonchev–Trinajstić information content (AvgIpc) is 2.63. The molecule has 0 amide bonds. The number of hydrogen-bond donors (Lipinski definition) is 0. The highest BCUT2D eigenvalue weighted by atomic mass is 16.5. The lowest BCUT2D eigenvalue weighted by atomic mass is 9.96. The van der Waals surface area contributed by atoms with Crippen LogP contribution >= 0.6 is 0 Å². The summed E-state index contributed by atoms with van der Waals surface area (Å²) in [5, 5.41) is 0. The van der Waals surface area contributed by atoms with Crippen LogP contribution in [0.3, 0.4) is 0 Å². The molecule has 144 valence electrons. The van der Waals surface area contributed by atoms with Crippen molar-refractivity contribution in [3.05, 3.63) is 58.1 Å². The van der Waals surface area contributed by atoms with E-state index in [2.05, 4.69) is 0 Å². The standard InChI is InChI=1S/C22H26O5/c1-13-9-15(3)18(10-14(13)2)22(24)16(4)27-21(23)12-17-7-8-19(25-5)20(11-17)26-6/h7-11,16H,12H2,1-6H3/t16-/m1/s1. The minimum Gasteiger partial charge on any atom is -0.493 e. The van der Waals surface area contributed by atoms with Crippen molar-refractivity contribution >= 4 is 11.8 Å². The molecule has 5 nitrogen and oxygen atoms in total. The fourth-order valence-electron chi connectivity index (χ4n) is 2.89. The van der Waals surface area contributed by atoms with E-state index in [4.69, 9.17) is 14.2 Å². The number of Topliss-reactive ketones (excluding diaryl/α,β-unsaturated/α-hetero) is 1. The number of benzene rings is 2. The zero-order chi connectivity index (χ0) is 20.1. The monoisotopic (exact) mass is 370 g/mol. The number of carbonyl (C=O) groups is 2. The average molecular weight is 370 g/mol. The fourth-order valence-corrected chi connectivity index (χ4v) is 2.89. The molecule has 0 unspecified atom stereocenters. The van der Waals surface area contributed by atoms with Crippen LogP contribution < -0.4 is 9.47 Å². The van der Waals surface area contributed by atoms with Crippen molar-refractivity contribution in [1.82, 2.24) is 0 Å². The molecule has 0 aliphatic rings. The van der Waals surface area contributed by atoms with Gasteiger partial charge in [0.15, 0.2) is 17.6 Å². The van der Waals surface area contributed by atoms with Gasteiger partial charge in [0.2, 0.25) is 5.78 Å². The predicted octanol–water partition coefficient (Wildman–Crippen LogP) is 3.99. The van der Waals surface area contributed by atoms with Gasteiger partial charge in [-0.2, -0.15) is 0 Å². The van der Waals surface area contributed by atoms with Gasteiger partial charge >= 0.3 is 5.97 Å². The molecule has 0 heterocycles. The van der Waals surface area contributed by atoms with Gasteiger partial charge in [-0.3, -0.25) is 9.59 Å². The number of ketones is 1. The molecule has 0 N–H and O–H groups in total. The molecule has 2 aromatic carbocycles. The Bertz CT molecular complexity index is 854. The van der Waals surface area contributed by atoms with E-state index in [1.54, 1.807) is 32.2 Å². The molecule has 1 atom stereocenters. The molecular formula is C22H26O5. The molecule has 0 spiro atoms. The van der Waals surface area contributed by atoms with Crippen molar-refractivity contribution in [1.29, 1.82) is 0 Å². The maximum absolute atomic E-state index is 12.7. The maximum Gasteiger partial charge on any atom is 0.310 e. The van der Waals surface area contributed by atoms with Crippen LogP contribution in [0.25, 0.3) is 0 Å². The Morgan fingerprint density at radius 1 is 0.889 bits per heavy atom. The van der Waals surface area contributed by atoms with Crippen molar-refractivity contribution in [2.75, 3.05) is 14.2 Å². The van der Waals surface area contributed by atoms with Gasteiger partial charge in [0.05, 0.1) is 20.6 Å². The normalized spacial score (nSPS) is 11.6. The summed E-state index contributed by atoms with van der Waals surface area (Å²) in [6.07, 6.45) is -0.803. The van der Waals surface area contributed by atoms with E-state index in [0.717, 1.165) is 22.3 Å². The zero-order valence-corrected chi connectivity index (χ0v) is 16.7. The minimum absolute atomic E-state index is 0.0455. The van der Waals surface area contributed by atoms with Gasteiger partial charge in [0, 0.05) is 5.56 Å². The number of hydrogen-bond acceptors (Lipinski definition) is 5. The Morgan fingerprint density at radius 2 is 1.52 bits per heavy atom. The Labute approximate surface area is 160 Å². The molecule has 2 rings (SSSR count). The number of esters is 1. The quantitative estimate of drug-likeness (QED) is 0.545. The molecule has 27 heavy (non-hydrogen) atoms. The third-order valence-corrected chi connectivity index (χ3v) is 4.58. The first kappa shape index (κ1) is 20.5. The molecule has 0 bridgehead atoms. The molecule has 0 aliphatic heterocycles. The van der Waals surface area contributed by atoms with Gasteiger partial charge in [-0.15, -0.1) is 0 Å². The predicted molar refractivity (Wildman–Crippen MR) is 104 cm³/mol. The first-order valence-electron chi connectivity index (χ1n) is 8.79. The zero-order valence-electron chi connectivity index (χ0n) is 16.7. The lowest BCUT2D eigenvalue weighted by Gasteiger charge is -2.15. The Balaban J connectivity index is 2.07. The maximum atomic E-state index is 12.7. The molecule has 0 saturated heterocycles. The summed E-state index contributed by atoms with van der Waals surface area (Å²) in [5.74, 6) is 0.460. The van der Waals surface area contributed by atoms with Gasteiger partial charge in [-0.05, 0) is 68.1 Å². The summed E-state index contributed by atoms with van der Waals surface area (Å²) >= 11 is 0. The molecule has 5 heteroatoms. The largest absolute Gasteiger partial charge is 0.493 e. The number of ether oxygens (including phenoxy) is 3. The summed E-state index contributed by atoms with van der Waals surface area (Å²) in [7, 11) is 3.08. The van der Waals surface area contributed by atoms with Crippen molar-refractivity contribution in [2.45, 2.75) is 40.2 Å².